The van der Waals surface area contributed by atoms with Crippen LogP contribution in [0.2, 0.25) is 0 Å². The number of fused-ring (bicyclic) bond motifs is 1. The smallest absolute Gasteiger partial charge is 0.139 e. The van der Waals surface area contributed by atoms with E-state index in [1.54, 1.807) is 0 Å². The Labute approximate surface area is 160 Å². The Morgan fingerprint density at radius 3 is 2.70 bits per heavy atom. The van der Waals surface area contributed by atoms with Crippen molar-refractivity contribution in [3.8, 4) is 0 Å². The van der Waals surface area contributed by atoms with Gasteiger partial charge in [-0.25, -0.2) is 0 Å². The van der Waals surface area contributed by atoms with E-state index in [4.69, 9.17) is 9.26 Å². The zero-order valence-electron chi connectivity index (χ0n) is 16.4. The molecule has 6 heteroatoms. The van der Waals surface area contributed by atoms with Crippen molar-refractivity contribution in [3.63, 3.8) is 0 Å². The molecule has 4 rings (SSSR count). The average molecular weight is 371 g/mol. The van der Waals surface area contributed by atoms with Gasteiger partial charge < -0.3 is 19.3 Å². The van der Waals surface area contributed by atoms with Crippen molar-refractivity contribution in [2.24, 2.45) is 0 Å². The lowest BCUT2D eigenvalue weighted by atomic mass is 9.75. The molecule has 0 saturated carbocycles. The van der Waals surface area contributed by atoms with E-state index in [2.05, 4.69) is 53.2 Å². The van der Waals surface area contributed by atoms with Crippen LogP contribution in [0.3, 0.4) is 0 Å². The fourth-order valence-electron chi connectivity index (χ4n) is 4.99. The van der Waals surface area contributed by atoms with Gasteiger partial charge in [0.1, 0.15) is 5.76 Å². The maximum Gasteiger partial charge on any atom is 0.139 e. The monoisotopic (exact) mass is 371 g/mol. The van der Waals surface area contributed by atoms with E-state index in [-0.39, 0.29) is 12.5 Å². The molecule has 27 heavy (non-hydrogen) atoms. The van der Waals surface area contributed by atoms with Crippen LogP contribution in [0.25, 0.3) is 0 Å². The zero-order valence-corrected chi connectivity index (χ0v) is 16.4. The molecule has 0 aliphatic carbocycles. The normalized spacial score (nSPS) is 25.8. The van der Waals surface area contributed by atoms with Crippen molar-refractivity contribution in [1.29, 1.82) is 0 Å². The summed E-state index contributed by atoms with van der Waals surface area (Å²) < 4.78 is 11.2. The van der Waals surface area contributed by atoms with Crippen molar-refractivity contribution in [2.75, 3.05) is 51.4 Å². The SMILES string of the molecule is CCc1noc(C)c1C1(CN2CCOCC2)C(CO)c2ccccc2N1C. The minimum Gasteiger partial charge on any atom is -0.396 e. The van der Waals surface area contributed by atoms with E-state index < -0.39 is 5.54 Å². The van der Waals surface area contributed by atoms with Crippen molar-refractivity contribution in [2.45, 2.75) is 31.7 Å². The number of rotatable bonds is 5. The number of aryl methyl sites for hydroxylation is 2. The Morgan fingerprint density at radius 2 is 2.00 bits per heavy atom. The number of hydrogen-bond donors (Lipinski definition) is 1. The van der Waals surface area contributed by atoms with Gasteiger partial charge in [-0.05, 0) is 25.0 Å². The molecule has 1 fully saturated rings. The topological polar surface area (TPSA) is 62.0 Å². The number of benzene rings is 1. The summed E-state index contributed by atoms with van der Waals surface area (Å²) in [6.07, 6.45) is 0.805. The largest absolute Gasteiger partial charge is 0.396 e. The third kappa shape index (κ3) is 2.78. The first-order valence-corrected chi connectivity index (χ1v) is 9.82. The zero-order chi connectivity index (χ0) is 19.0. The van der Waals surface area contributed by atoms with E-state index in [1.165, 1.54) is 11.3 Å². The van der Waals surface area contributed by atoms with E-state index in [1.807, 2.05) is 6.92 Å². The lowest BCUT2D eigenvalue weighted by Gasteiger charge is -2.45. The van der Waals surface area contributed by atoms with Crippen LogP contribution in [0.4, 0.5) is 5.69 Å². The van der Waals surface area contributed by atoms with Crippen LogP contribution in [0.15, 0.2) is 28.8 Å². The van der Waals surface area contributed by atoms with Gasteiger partial charge in [0.2, 0.25) is 0 Å². The summed E-state index contributed by atoms with van der Waals surface area (Å²) >= 11 is 0. The minimum atomic E-state index is -0.412. The van der Waals surface area contributed by atoms with E-state index >= 15 is 0 Å². The van der Waals surface area contributed by atoms with Gasteiger partial charge in [-0.2, -0.15) is 0 Å². The van der Waals surface area contributed by atoms with Gasteiger partial charge in [-0.3, -0.25) is 4.90 Å². The summed E-state index contributed by atoms with van der Waals surface area (Å²) in [5.74, 6) is 0.808. The molecule has 3 heterocycles. The molecule has 1 N–H and O–H groups in total. The molecule has 0 amide bonds. The van der Waals surface area contributed by atoms with Gasteiger partial charge in [-0.1, -0.05) is 30.3 Å². The number of aliphatic hydroxyl groups excluding tert-OH is 1. The molecule has 0 spiro atoms. The summed E-state index contributed by atoms with van der Waals surface area (Å²) in [6.45, 7) is 8.29. The Bertz CT molecular complexity index is 800. The molecule has 1 aromatic heterocycles. The van der Waals surface area contributed by atoms with Gasteiger partial charge in [0.15, 0.2) is 0 Å². The molecule has 1 saturated heterocycles. The summed E-state index contributed by atoms with van der Waals surface area (Å²) in [5, 5.41) is 14.9. The van der Waals surface area contributed by atoms with Crippen LogP contribution in [0.5, 0.6) is 0 Å². The van der Waals surface area contributed by atoms with E-state index in [0.29, 0.717) is 0 Å². The Balaban J connectivity index is 1.90. The fraction of sp³-hybridized carbons (Fsp3) is 0.571. The number of aromatic nitrogens is 1. The Morgan fingerprint density at radius 1 is 1.26 bits per heavy atom. The third-order valence-electron chi connectivity index (χ3n) is 6.30. The maximum atomic E-state index is 10.5. The number of para-hydroxylation sites is 1. The highest BCUT2D eigenvalue weighted by Crippen LogP contribution is 2.54. The summed E-state index contributed by atoms with van der Waals surface area (Å²) in [4.78, 5) is 4.79. The molecule has 2 unspecified atom stereocenters. The number of aliphatic hydroxyl groups is 1. The highest BCUT2D eigenvalue weighted by molar-refractivity contribution is 5.66. The Hall–Kier alpha value is -1.89. The lowest BCUT2D eigenvalue weighted by Crippen LogP contribution is -2.55. The Kier molecular flexibility index (Phi) is 4.97. The van der Waals surface area contributed by atoms with Crippen LogP contribution in [-0.2, 0) is 16.7 Å². The van der Waals surface area contributed by atoms with Gasteiger partial charge >= 0.3 is 0 Å². The molecular formula is C21H29N3O3. The molecule has 2 aliphatic rings. The number of hydrogen-bond acceptors (Lipinski definition) is 6. The first-order valence-electron chi connectivity index (χ1n) is 9.82. The number of likely N-dealkylation sites (N-methyl/N-ethyl adjacent to an activating group) is 1. The lowest BCUT2D eigenvalue weighted by molar-refractivity contribution is 0.0220. The van der Waals surface area contributed by atoms with Crippen LogP contribution < -0.4 is 4.90 Å². The second-order valence-electron chi connectivity index (χ2n) is 7.58. The van der Waals surface area contributed by atoms with Gasteiger partial charge in [0.25, 0.3) is 0 Å². The van der Waals surface area contributed by atoms with Crippen molar-refractivity contribution in [3.05, 3.63) is 46.8 Å². The predicted molar refractivity (Wildman–Crippen MR) is 104 cm³/mol. The van der Waals surface area contributed by atoms with Crippen LogP contribution in [0.1, 0.15) is 35.4 Å². The maximum absolute atomic E-state index is 10.5. The van der Waals surface area contributed by atoms with Crippen molar-refractivity contribution >= 4 is 5.69 Å². The first-order chi connectivity index (χ1) is 13.1. The second-order valence-corrected chi connectivity index (χ2v) is 7.58. The summed E-state index contributed by atoms with van der Waals surface area (Å²) in [5.41, 5.74) is 4.07. The quantitative estimate of drug-likeness (QED) is 0.870. The molecular weight excluding hydrogens is 342 g/mol. The van der Waals surface area contributed by atoms with Crippen LogP contribution >= 0.6 is 0 Å². The molecule has 146 valence electrons. The molecule has 2 atom stereocenters. The van der Waals surface area contributed by atoms with Crippen molar-refractivity contribution < 1.29 is 14.4 Å². The standard InChI is InChI=1S/C21H29N3O3/c1-4-18-20(15(2)27-22-18)21(14-24-9-11-26-12-10-24)17(13-25)16-7-5-6-8-19(16)23(21)3/h5-8,17,25H,4,9-14H2,1-3H3. The highest BCUT2D eigenvalue weighted by Gasteiger charge is 2.54. The number of anilines is 1. The molecule has 1 aromatic carbocycles. The van der Waals surface area contributed by atoms with Crippen LogP contribution in [0, 0.1) is 6.92 Å². The van der Waals surface area contributed by atoms with Gasteiger partial charge in [-0.15, -0.1) is 0 Å². The predicted octanol–water partition coefficient (Wildman–Crippen LogP) is 2.30. The second kappa shape index (κ2) is 7.26. The fourth-order valence-corrected chi connectivity index (χ4v) is 4.99. The number of ether oxygens (including phenoxy) is 1. The number of morpholine rings is 1. The van der Waals surface area contributed by atoms with E-state index in [9.17, 15) is 5.11 Å². The summed E-state index contributed by atoms with van der Waals surface area (Å²) in [7, 11) is 2.14. The highest BCUT2D eigenvalue weighted by atomic mass is 16.5. The summed E-state index contributed by atoms with van der Waals surface area (Å²) in [6, 6.07) is 8.41. The average Bonchev–Trinajstić information content (AvgIpc) is 3.19. The van der Waals surface area contributed by atoms with Crippen LogP contribution in [-0.4, -0.2) is 61.7 Å². The van der Waals surface area contributed by atoms with Crippen molar-refractivity contribution in [1.82, 2.24) is 10.1 Å². The molecule has 6 nitrogen and oxygen atoms in total. The van der Waals surface area contributed by atoms with Gasteiger partial charge in [0.05, 0.1) is 31.1 Å². The third-order valence-corrected chi connectivity index (χ3v) is 6.30. The molecule has 2 aromatic rings. The molecule has 0 bridgehead atoms. The van der Waals surface area contributed by atoms with Gasteiger partial charge in [0, 0.05) is 43.9 Å². The molecule has 2 aliphatic heterocycles. The van der Waals surface area contributed by atoms with E-state index in [0.717, 1.165) is 56.3 Å². The first kappa shape index (κ1) is 18.5. The minimum absolute atomic E-state index is 0.0371. The molecule has 0 radical (unpaired) electrons. The number of nitrogens with zero attached hydrogens (tertiary/aromatic N) is 3.